The molecule has 0 aliphatic heterocycles. The van der Waals surface area contributed by atoms with Gasteiger partial charge >= 0.3 is 0 Å². The molecule has 6 heteroatoms. The molecule has 0 amide bonds. The third kappa shape index (κ3) is 3.10. The first-order valence-electron chi connectivity index (χ1n) is 4.33. The van der Waals surface area contributed by atoms with Crippen LogP contribution in [0.1, 0.15) is 13.8 Å². The van der Waals surface area contributed by atoms with Crippen LogP contribution in [0.5, 0.6) is 11.5 Å². The van der Waals surface area contributed by atoms with Gasteiger partial charge in [-0.15, -0.1) is 0 Å². The molecule has 0 saturated carbocycles. The van der Waals surface area contributed by atoms with Gasteiger partial charge in [-0.05, 0) is 26.0 Å². The molecule has 0 bridgehead atoms. The average Bonchev–Trinajstić information content (AvgIpc) is 2.05. The topological polar surface area (TPSA) is 89.6 Å². The van der Waals surface area contributed by atoms with Crippen molar-refractivity contribution in [3.63, 3.8) is 0 Å². The Morgan fingerprint density at radius 3 is 2.47 bits per heavy atom. The van der Waals surface area contributed by atoms with Gasteiger partial charge in [-0.1, -0.05) is 0 Å². The van der Waals surface area contributed by atoms with Crippen LogP contribution in [0.4, 0.5) is 0 Å². The zero-order chi connectivity index (χ0) is 11.6. The summed E-state index contributed by atoms with van der Waals surface area (Å²) in [6, 6.07) is 3.77. The number of nitrogens with two attached hydrogens (primary N) is 1. The number of sulfonamides is 1. The van der Waals surface area contributed by atoms with E-state index in [-0.39, 0.29) is 22.5 Å². The quantitative estimate of drug-likeness (QED) is 0.806. The molecule has 5 nitrogen and oxygen atoms in total. The van der Waals surface area contributed by atoms with Crippen molar-refractivity contribution in [2.24, 2.45) is 5.14 Å². The minimum absolute atomic E-state index is 0.144. The number of benzene rings is 1. The van der Waals surface area contributed by atoms with Gasteiger partial charge in [-0.25, -0.2) is 13.6 Å². The van der Waals surface area contributed by atoms with Crippen molar-refractivity contribution in [2.75, 3.05) is 0 Å². The highest BCUT2D eigenvalue weighted by Crippen LogP contribution is 2.27. The number of phenols is 1. The molecule has 0 heterocycles. The summed E-state index contributed by atoms with van der Waals surface area (Å²) < 4.78 is 27.6. The summed E-state index contributed by atoms with van der Waals surface area (Å²) in [6.45, 7) is 3.53. The fraction of sp³-hybridized carbons (Fsp3) is 0.333. The van der Waals surface area contributed by atoms with Crippen LogP contribution in [0, 0.1) is 0 Å². The van der Waals surface area contributed by atoms with E-state index in [0.717, 1.165) is 6.07 Å². The normalized spacial score (nSPS) is 11.7. The van der Waals surface area contributed by atoms with Gasteiger partial charge in [-0.2, -0.15) is 0 Å². The van der Waals surface area contributed by atoms with Crippen LogP contribution >= 0.6 is 0 Å². The second-order valence-corrected chi connectivity index (χ2v) is 4.87. The van der Waals surface area contributed by atoms with E-state index in [4.69, 9.17) is 15.0 Å². The van der Waals surface area contributed by atoms with E-state index >= 15 is 0 Å². The van der Waals surface area contributed by atoms with Crippen molar-refractivity contribution < 1.29 is 18.3 Å². The number of primary sulfonamides is 1. The highest BCUT2D eigenvalue weighted by Gasteiger charge is 2.16. The van der Waals surface area contributed by atoms with Gasteiger partial charge < -0.3 is 9.84 Å². The van der Waals surface area contributed by atoms with Gasteiger partial charge in [0.1, 0.15) is 16.4 Å². The monoisotopic (exact) mass is 231 g/mol. The van der Waals surface area contributed by atoms with Crippen LogP contribution in [0.25, 0.3) is 0 Å². The van der Waals surface area contributed by atoms with Gasteiger partial charge in [0.2, 0.25) is 10.0 Å². The molecule has 1 aromatic carbocycles. The lowest BCUT2D eigenvalue weighted by atomic mass is 10.3. The van der Waals surface area contributed by atoms with Gasteiger partial charge in [-0.3, -0.25) is 0 Å². The van der Waals surface area contributed by atoms with Crippen molar-refractivity contribution in [3.8, 4) is 11.5 Å². The lowest BCUT2D eigenvalue weighted by molar-refractivity contribution is 0.235. The minimum Gasteiger partial charge on any atom is -0.508 e. The number of ether oxygens (including phenoxy) is 1. The molecule has 0 aliphatic carbocycles. The molecule has 0 spiro atoms. The summed E-state index contributed by atoms with van der Waals surface area (Å²) >= 11 is 0. The van der Waals surface area contributed by atoms with Crippen molar-refractivity contribution >= 4 is 10.0 Å². The summed E-state index contributed by atoms with van der Waals surface area (Å²) in [5.74, 6) is -0.0274. The number of rotatable bonds is 3. The molecule has 15 heavy (non-hydrogen) atoms. The molecule has 0 saturated heterocycles. The molecule has 0 atom stereocenters. The van der Waals surface area contributed by atoms with Gasteiger partial charge in [0.15, 0.2) is 0 Å². The molecule has 0 aliphatic rings. The third-order valence-electron chi connectivity index (χ3n) is 1.60. The van der Waals surface area contributed by atoms with E-state index in [1.807, 2.05) is 0 Å². The number of aromatic hydroxyl groups is 1. The number of phenolic OH excluding ortho intramolecular Hbond substituents is 1. The van der Waals surface area contributed by atoms with Crippen LogP contribution < -0.4 is 9.88 Å². The third-order valence-corrected chi connectivity index (χ3v) is 2.53. The largest absolute Gasteiger partial charge is 0.508 e. The van der Waals surface area contributed by atoms with E-state index in [9.17, 15) is 8.42 Å². The summed E-state index contributed by atoms with van der Waals surface area (Å²) in [5.41, 5.74) is 0. The Kier molecular flexibility index (Phi) is 3.21. The summed E-state index contributed by atoms with van der Waals surface area (Å²) in [5, 5.41) is 14.1. The number of hydrogen-bond donors (Lipinski definition) is 2. The predicted octanol–water partition coefficient (Wildman–Crippen LogP) is 0.827. The van der Waals surface area contributed by atoms with E-state index in [1.54, 1.807) is 13.8 Å². The first-order valence-corrected chi connectivity index (χ1v) is 5.88. The molecule has 0 radical (unpaired) electrons. The van der Waals surface area contributed by atoms with Crippen LogP contribution in [-0.2, 0) is 10.0 Å². The maximum atomic E-state index is 11.2. The van der Waals surface area contributed by atoms with Crippen LogP contribution in [0.3, 0.4) is 0 Å². The van der Waals surface area contributed by atoms with Crippen molar-refractivity contribution in [2.45, 2.75) is 24.8 Å². The molecule has 0 unspecified atom stereocenters. The SMILES string of the molecule is CC(C)Oc1ccc(O)cc1S(N)(=O)=O. The second-order valence-electron chi connectivity index (χ2n) is 3.34. The van der Waals surface area contributed by atoms with Crippen LogP contribution in [-0.4, -0.2) is 19.6 Å². The van der Waals surface area contributed by atoms with Crippen LogP contribution in [0.2, 0.25) is 0 Å². The van der Waals surface area contributed by atoms with E-state index < -0.39 is 10.0 Å². The fourth-order valence-corrected chi connectivity index (χ4v) is 1.75. The smallest absolute Gasteiger partial charge is 0.241 e. The predicted molar refractivity (Wildman–Crippen MR) is 55.2 cm³/mol. The first-order chi connectivity index (χ1) is 6.80. The summed E-state index contributed by atoms with van der Waals surface area (Å²) in [7, 11) is -3.89. The zero-order valence-electron chi connectivity index (χ0n) is 8.47. The second kappa shape index (κ2) is 4.08. The van der Waals surface area contributed by atoms with Crippen molar-refractivity contribution in [3.05, 3.63) is 18.2 Å². The Morgan fingerprint density at radius 2 is 2.00 bits per heavy atom. The van der Waals surface area contributed by atoms with E-state index in [0.29, 0.717) is 0 Å². The molecule has 1 rings (SSSR count). The highest BCUT2D eigenvalue weighted by atomic mass is 32.2. The molecule has 0 aromatic heterocycles. The molecule has 84 valence electrons. The lowest BCUT2D eigenvalue weighted by Gasteiger charge is -2.12. The number of hydrogen-bond acceptors (Lipinski definition) is 4. The lowest BCUT2D eigenvalue weighted by Crippen LogP contribution is -2.15. The van der Waals surface area contributed by atoms with Crippen molar-refractivity contribution in [1.82, 2.24) is 0 Å². The summed E-state index contributed by atoms with van der Waals surface area (Å²) in [6.07, 6.45) is -0.171. The average molecular weight is 231 g/mol. The van der Waals surface area contributed by atoms with Gasteiger partial charge in [0.25, 0.3) is 0 Å². The standard InChI is InChI=1S/C9H13NO4S/c1-6(2)14-8-4-3-7(11)5-9(8)15(10,12)13/h3-6,11H,1-2H3,(H2,10,12,13). The Bertz CT molecular complexity index is 453. The molecular formula is C9H13NO4S. The summed E-state index contributed by atoms with van der Waals surface area (Å²) in [4.78, 5) is -0.212. The first kappa shape index (κ1) is 11.8. The maximum absolute atomic E-state index is 11.2. The van der Waals surface area contributed by atoms with Gasteiger partial charge in [0.05, 0.1) is 6.10 Å². The zero-order valence-corrected chi connectivity index (χ0v) is 9.28. The molecular weight excluding hydrogens is 218 g/mol. The molecule has 1 aromatic rings. The minimum atomic E-state index is -3.89. The maximum Gasteiger partial charge on any atom is 0.241 e. The Balaban J connectivity index is 3.27. The highest BCUT2D eigenvalue weighted by molar-refractivity contribution is 7.89. The fourth-order valence-electron chi connectivity index (χ4n) is 1.07. The van der Waals surface area contributed by atoms with Gasteiger partial charge in [0, 0.05) is 6.07 Å². The van der Waals surface area contributed by atoms with Crippen molar-refractivity contribution in [1.29, 1.82) is 0 Å². The Labute approximate surface area is 88.5 Å². The van der Waals surface area contributed by atoms with Crippen LogP contribution in [0.15, 0.2) is 23.1 Å². The molecule has 3 N–H and O–H groups in total. The van der Waals surface area contributed by atoms with E-state index in [1.165, 1.54) is 12.1 Å². The Hall–Kier alpha value is -1.27. The van der Waals surface area contributed by atoms with E-state index in [2.05, 4.69) is 0 Å². The Morgan fingerprint density at radius 1 is 1.40 bits per heavy atom. The molecule has 0 fully saturated rings.